The number of H-pyrrole nitrogens is 1. The number of aromatic amines is 1. The van der Waals surface area contributed by atoms with Crippen LogP contribution in [0.1, 0.15) is 16.5 Å². The lowest BCUT2D eigenvalue weighted by Crippen LogP contribution is -1.97. The zero-order valence-electron chi connectivity index (χ0n) is 8.85. The number of halogens is 1. The van der Waals surface area contributed by atoms with E-state index in [0.717, 1.165) is 21.3 Å². The summed E-state index contributed by atoms with van der Waals surface area (Å²) in [5, 5.41) is 11.4. The molecule has 2 heterocycles. The van der Waals surface area contributed by atoms with Crippen LogP contribution in [0.2, 0.25) is 4.34 Å². The predicted octanol–water partition coefficient (Wildman–Crippen LogP) is 3.96. The lowest BCUT2D eigenvalue weighted by Gasteiger charge is -2.10. The van der Waals surface area contributed by atoms with Gasteiger partial charge in [-0.15, -0.1) is 11.3 Å². The van der Waals surface area contributed by atoms with Crippen LogP contribution in [0.15, 0.2) is 42.6 Å². The third-order valence-corrected chi connectivity index (χ3v) is 4.07. The van der Waals surface area contributed by atoms with Crippen LogP contribution in [-0.4, -0.2) is 10.1 Å². The average molecular weight is 264 g/mol. The monoisotopic (exact) mass is 263 g/mol. The third-order valence-electron chi connectivity index (χ3n) is 2.79. The summed E-state index contributed by atoms with van der Waals surface area (Å²) in [5.74, 6) is 0. The fourth-order valence-corrected chi connectivity index (χ4v) is 3.04. The van der Waals surface area contributed by atoms with Gasteiger partial charge in [-0.25, -0.2) is 0 Å². The van der Waals surface area contributed by atoms with E-state index >= 15 is 0 Å². The maximum absolute atomic E-state index is 10.4. The highest BCUT2D eigenvalue weighted by molar-refractivity contribution is 7.16. The van der Waals surface area contributed by atoms with Gasteiger partial charge in [0.2, 0.25) is 0 Å². The van der Waals surface area contributed by atoms with E-state index in [1.54, 1.807) is 0 Å². The molecular weight excluding hydrogens is 254 g/mol. The SMILES string of the molecule is OC(c1ccc(Cl)s1)c1cccc2[nH]ccc12. The zero-order chi connectivity index (χ0) is 11.8. The molecule has 0 saturated carbocycles. The predicted molar refractivity (Wildman–Crippen MR) is 71.7 cm³/mol. The Morgan fingerprint density at radius 3 is 2.82 bits per heavy atom. The number of benzene rings is 1. The first-order valence-electron chi connectivity index (χ1n) is 5.25. The Hall–Kier alpha value is -1.29. The third kappa shape index (κ3) is 1.86. The van der Waals surface area contributed by atoms with Crippen LogP contribution in [0, 0.1) is 0 Å². The molecule has 0 bridgehead atoms. The number of thiophene rings is 1. The first-order chi connectivity index (χ1) is 8.25. The first-order valence-corrected chi connectivity index (χ1v) is 6.44. The van der Waals surface area contributed by atoms with E-state index in [-0.39, 0.29) is 0 Å². The molecule has 2 N–H and O–H groups in total. The summed E-state index contributed by atoms with van der Waals surface area (Å²) in [5.41, 5.74) is 1.94. The smallest absolute Gasteiger partial charge is 0.114 e. The lowest BCUT2D eigenvalue weighted by atomic mass is 10.0. The lowest BCUT2D eigenvalue weighted by molar-refractivity contribution is 0.226. The summed E-state index contributed by atoms with van der Waals surface area (Å²) >= 11 is 7.30. The molecule has 0 aliphatic heterocycles. The van der Waals surface area contributed by atoms with Crippen molar-refractivity contribution in [1.29, 1.82) is 0 Å². The van der Waals surface area contributed by atoms with Crippen LogP contribution >= 0.6 is 22.9 Å². The maximum Gasteiger partial charge on any atom is 0.114 e. The largest absolute Gasteiger partial charge is 0.383 e. The Kier molecular flexibility index (Phi) is 2.67. The molecule has 0 saturated heterocycles. The molecule has 0 amide bonds. The summed E-state index contributed by atoms with van der Waals surface area (Å²) in [6.45, 7) is 0. The van der Waals surface area contributed by atoms with E-state index in [4.69, 9.17) is 11.6 Å². The minimum Gasteiger partial charge on any atom is -0.383 e. The van der Waals surface area contributed by atoms with Crippen LogP contribution < -0.4 is 0 Å². The topological polar surface area (TPSA) is 36.0 Å². The minimum absolute atomic E-state index is 0.619. The second-order valence-electron chi connectivity index (χ2n) is 3.83. The molecule has 0 radical (unpaired) electrons. The Morgan fingerprint density at radius 2 is 2.06 bits per heavy atom. The molecule has 1 atom stereocenters. The van der Waals surface area contributed by atoms with Crippen LogP contribution in [0.3, 0.4) is 0 Å². The van der Waals surface area contributed by atoms with Crippen molar-refractivity contribution in [3.05, 3.63) is 57.4 Å². The molecule has 4 heteroatoms. The maximum atomic E-state index is 10.4. The second-order valence-corrected chi connectivity index (χ2v) is 5.58. The molecule has 2 aromatic heterocycles. The molecule has 2 nitrogen and oxygen atoms in total. The van der Waals surface area contributed by atoms with Crippen LogP contribution in [0.4, 0.5) is 0 Å². The fraction of sp³-hybridized carbons (Fsp3) is 0.0769. The number of aromatic nitrogens is 1. The van der Waals surface area contributed by atoms with E-state index in [1.807, 2.05) is 42.6 Å². The molecule has 86 valence electrons. The van der Waals surface area contributed by atoms with Gasteiger partial charge in [-0.2, -0.15) is 0 Å². The number of rotatable bonds is 2. The molecule has 3 rings (SSSR count). The molecule has 0 aliphatic rings. The number of nitrogens with one attached hydrogen (secondary N) is 1. The van der Waals surface area contributed by atoms with Crippen LogP contribution in [0.25, 0.3) is 10.9 Å². The highest BCUT2D eigenvalue weighted by Crippen LogP contribution is 2.33. The number of aliphatic hydroxyl groups excluding tert-OH is 1. The highest BCUT2D eigenvalue weighted by atomic mass is 35.5. The Morgan fingerprint density at radius 1 is 1.18 bits per heavy atom. The van der Waals surface area contributed by atoms with Gasteiger partial charge in [-0.1, -0.05) is 23.7 Å². The van der Waals surface area contributed by atoms with Gasteiger partial charge < -0.3 is 10.1 Å². The Labute approximate surface area is 107 Å². The van der Waals surface area contributed by atoms with Crippen LogP contribution in [0.5, 0.6) is 0 Å². The highest BCUT2D eigenvalue weighted by Gasteiger charge is 2.15. The number of fused-ring (bicyclic) bond motifs is 1. The van der Waals surface area contributed by atoms with Crippen molar-refractivity contribution < 1.29 is 5.11 Å². The second kappa shape index (κ2) is 4.18. The molecule has 0 fully saturated rings. The van der Waals surface area contributed by atoms with E-state index in [9.17, 15) is 5.11 Å². The summed E-state index contributed by atoms with van der Waals surface area (Å²) in [6.07, 6.45) is 1.26. The Balaban J connectivity index is 2.12. The first kappa shape index (κ1) is 10.8. The van der Waals surface area contributed by atoms with Crippen molar-refractivity contribution in [2.24, 2.45) is 0 Å². The Bertz CT molecular complexity index is 658. The van der Waals surface area contributed by atoms with Gasteiger partial charge >= 0.3 is 0 Å². The van der Waals surface area contributed by atoms with Gasteiger partial charge in [0.25, 0.3) is 0 Å². The van der Waals surface area contributed by atoms with Gasteiger partial charge in [-0.3, -0.25) is 0 Å². The molecule has 1 unspecified atom stereocenters. The van der Waals surface area contributed by atoms with Crippen molar-refractivity contribution >= 4 is 33.8 Å². The average Bonchev–Trinajstić information content (AvgIpc) is 2.95. The summed E-state index contributed by atoms with van der Waals surface area (Å²) in [4.78, 5) is 4.00. The van der Waals surface area contributed by atoms with E-state index in [2.05, 4.69) is 4.98 Å². The van der Waals surface area contributed by atoms with Crippen molar-refractivity contribution in [3.63, 3.8) is 0 Å². The summed E-state index contributed by atoms with van der Waals surface area (Å²) < 4.78 is 0.695. The van der Waals surface area contributed by atoms with E-state index in [0.29, 0.717) is 4.34 Å². The molecule has 0 aliphatic carbocycles. The standard InChI is InChI=1S/C13H10ClNOS/c14-12-5-4-11(17-12)13(16)9-2-1-3-10-8(9)6-7-15-10/h1-7,13,15-16H. The van der Waals surface area contributed by atoms with Crippen molar-refractivity contribution in [3.8, 4) is 0 Å². The van der Waals surface area contributed by atoms with E-state index in [1.165, 1.54) is 11.3 Å². The minimum atomic E-state index is -0.619. The molecule has 3 aromatic rings. The van der Waals surface area contributed by atoms with Crippen LogP contribution in [-0.2, 0) is 0 Å². The van der Waals surface area contributed by atoms with Gasteiger partial charge in [-0.05, 0) is 29.8 Å². The van der Waals surface area contributed by atoms with E-state index < -0.39 is 6.10 Å². The van der Waals surface area contributed by atoms with Gasteiger partial charge in [0.1, 0.15) is 6.10 Å². The van der Waals surface area contributed by atoms with Gasteiger partial charge in [0.15, 0.2) is 0 Å². The summed E-state index contributed by atoms with van der Waals surface area (Å²) in [7, 11) is 0. The number of hydrogen-bond acceptors (Lipinski definition) is 2. The quantitative estimate of drug-likeness (QED) is 0.721. The fourth-order valence-electron chi connectivity index (χ4n) is 1.98. The zero-order valence-corrected chi connectivity index (χ0v) is 10.4. The number of aliphatic hydroxyl groups is 1. The van der Waals surface area contributed by atoms with Gasteiger partial charge in [0, 0.05) is 22.0 Å². The molecule has 17 heavy (non-hydrogen) atoms. The number of hydrogen-bond donors (Lipinski definition) is 2. The van der Waals surface area contributed by atoms with Crippen molar-refractivity contribution in [2.75, 3.05) is 0 Å². The molecular formula is C13H10ClNOS. The van der Waals surface area contributed by atoms with Gasteiger partial charge in [0.05, 0.1) is 4.34 Å². The molecule has 1 aromatic carbocycles. The molecule has 0 spiro atoms. The summed E-state index contributed by atoms with van der Waals surface area (Å²) in [6, 6.07) is 11.5. The van der Waals surface area contributed by atoms with Crippen molar-refractivity contribution in [2.45, 2.75) is 6.10 Å². The normalized spacial score (nSPS) is 13.1. The van der Waals surface area contributed by atoms with Crippen molar-refractivity contribution in [1.82, 2.24) is 4.98 Å².